The third-order valence-electron chi connectivity index (χ3n) is 3.51. The zero-order valence-electron chi connectivity index (χ0n) is 13.4. The van der Waals surface area contributed by atoms with Crippen molar-refractivity contribution < 1.29 is 13.2 Å². The third-order valence-corrected chi connectivity index (χ3v) is 5.37. The molecule has 0 spiro atoms. The van der Waals surface area contributed by atoms with Crippen molar-refractivity contribution in [3.8, 4) is 0 Å². The second-order valence-electron chi connectivity index (χ2n) is 5.39. The maximum Gasteiger partial charge on any atom is 0.261 e. The summed E-state index contributed by atoms with van der Waals surface area (Å²) in [6, 6.07) is 12.9. The number of carbonyl (C=O) groups is 1. The molecule has 0 radical (unpaired) electrons. The molecule has 0 aromatic heterocycles. The summed E-state index contributed by atoms with van der Waals surface area (Å²) >= 11 is 3.26. The van der Waals surface area contributed by atoms with Crippen molar-refractivity contribution in [3.05, 3.63) is 58.6 Å². The predicted octanol–water partition coefficient (Wildman–Crippen LogP) is 3.78. The van der Waals surface area contributed by atoms with Crippen molar-refractivity contribution in [2.24, 2.45) is 0 Å². The molecule has 0 aliphatic heterocycles. The standard InChI is InChI=1S/C17H19BrN2O3S/c1-3-12(2)19-17(21)15-9-4-5-10-16(15)20-24(22,23)14-8-6-7-13(18)11-14/h4-12,20H,3H2,1-2H3,(H,19,21). The Morgan fingerprint density at radius 3 is 2.54 bits per heavy atom. The summed E-state index contributed by atoms with van der Waals surface area (Å²) in [7, 11) is -3.79. The molecule has 1 unspecified atom stereocenters. The average molecular weight is 411 g/mol. The summed E-state index contributed by atoms with van der Waals surface area (Å²) in [4.78, 5) is 12.5. The van der Waals surface area contributed by atoms with Crippen molar-refractivity contribution in [2.75, 3.05) is 4.72 Å². The molecule has 0 saturated carbocycles. The van der Waals surface area contributed by atoms with E-state index in [9.17, 15) is 13.2 Å². The van der Waals surface area contributed by atoms with Gasteiger partial charge in [-0.1, -0.05) is 41.1 Å². The lowest BCUT2D eigenvalue weighted by Gasteiger charge is -2.15. The van der Waals surface area contributed by atoms with Crippen molar-refractivity contribution in [2.45, 2.75) is 31.2 Å². The van der Waals surface area contributed by atoms with Crippen molar-refractivity contribution in [1.29, 1.82) is 0 Å². The first-order valence-electron chi connectivity index (χ1n) is 7.51. The first-order chi connectivity index (χ1) is 11.3. The minimum Gasteiger partial charge on any atom is -0.350 e. The van der Waals surface area contributed by atoms with Gasteiger partial charge in [0, 0.05) is 10.5 Å². The largest absolute Gasteiger partial charge is 0.350 e. The Morgan fingerprint density at radius 1 is 1.17 bits per heavy atom. The zero-order valence-corrected chi connectivity index (χ0v) is 15.8. The van der Waals surface area contributed by atoms with E-state index in [-0.39, 0.29) is 28.1 Å². The van der Waals surface area contributed by atoms with Crippen molar-refractivity contribution >= 4 is 37.5 Å². The Labute approximate surface area is 150 Å². The van der Waals surface area contributed by atoms with Gasteiger partial charge in [-0.25, -0.2) is 8.42 Å². The van der Waals surface area contributed by atoms with Crippen molar-refractivity contribution in [3.63, 3.8) is 0 Å². The predicted molar refractivity (Wildman–Crippen MR) is 98.6 cm³/mol. The lowest BCUT2D eigenvalue weighted by molar-refractivity contribution is 0.0940. The fourth-order valence-electron chi connectivity index (χ4n) is 2.01. The Bertz CT molecular complexity index is 837. The first kappa shape index (κ1) is 18.5. The number of hydrogen-bond donors (Lipinski definition) is 2. The highest BCUT2D eigenvalue weighted by atomic mass is 79.9. The molecule has 2 aromatic rings. The fourth-order valence-corrected chi connectivity index (χ4v) is 3.69. The molecule has 2 rings (SSSR count). The number of rotatable bonds is 6. The summed E-state index contributed by atoms with van der Waals surface area (Å²) < 4.78 is 28.2. The van der Waals surface area contributed by atoms with E-state index in [2.05, 4.69) is 26.0 Å². The van der Waals surface area contributed by atoms with E-state index in [4.69, 9.17) is 0 Å². The van der Waals surface area contributed by atoms with Gasteiger partial charge in [-0.05, 0) is 43.7 Å². The van der Waals surface area contributed by atoms with Gasteiger partial charge in [-0.2, -0.15) is 0 Å². The van der Waals surface area contributed by atoms with E-state index in [1.165, 1.54) is 12.1 Å². The van der Waals surface area contributed by atoms with Gasteiger partial charge in [0.2, 0.25) is 0 Å². The van der Waals surface area contributed by atoms with Crippen LogP contribution in [0.3, 0.4) is 0 Å². The Hall–Kier alpha value is -1.86. The van der Waals surface area contributed by atoms with Crippen LogP contribution in [0.1, 0.15) is 30.6 Å². The third kappa shape index (κ3) is 4.58. The molecule has 1 atom stereocenters. The molecule has 128 valence electrons. The van der Waals surface area contributed by atoms with Gasteiger partial charge in [0.25, 0.3) is 15.9 Å². The Balaban J connectivity index is 2.32. The molecule has 0 bridgehead atoms. The number of benzene rings is 2. The van der Waals surface area contributed by atoms with Gasteiger partial charge in [-0.15, -0.1) is 0 Å². The number of para-hydroxylation sites is 1. The van der Waals surface area contributed by atoms with Crippen LogP contribution < -0.4 is 10.0 Å². The highest BCUT2D eigenvalue weighted by Crippen LogP contribution is 2.22. The molecule has 24 heavy (non-hydrogen) atoms. The molecule has 0 heterocycles. The monoisotopic (exact) mass is 410 g/mol. The molecule has 0 saturated heterocycles. The summed E-state index contributed by atoms with van der Waals surface area (Å²) in [5.41, 5.74) is 0.537. The van der Waals surface area contributed by atoms with Crippen LogP contribution in [-0.2, 0) is 10.0 Å². The van der Waals surface area contributed by atoms with E-state index in [0.29, 0.717) is 4.47 Å². The Kier molecular flexibility index (Phi) is 6.01. The second kappa shape index (κ2) is 7.81. The summed E-state index contributed by atoms with van der Waals surface area (Å²) in [6.07, 6.45) is 0.789. The number of amides is 1. The highest BCUT2D eigenvalue weighted by Gasteiger charge is 2.19. The molecule has 2 aromatic carbocycles. The lowest BCUT2D eigenvalue weighted by atomic mass is 10.1. The number of sulfonamides is 1. The molecule has 7 heteroatoms. The van der Waals surface area contributed by atoms with E-state index in [1.807, 2.05) is 13.8 Å². The minimum absolute atomic E-state index is 0.00671. The van der Waals surface area contributed by atoms with Gasteiger partial charge in [0.05, 0.1) is 16.1 Å². The van der Waals surface area contributed by atoms with Gasteiger partial charge in [-0.3, -0.25) is 9.52 Å². The number of carbonyl (C=O) groups excluding carboxylic acids is 1. The Morgan fingerprint density at radius 2 is 1.88 bits per heavy atom. The second-order valence-corrected chi connectivity index (χ2v) is 7.99. The van der Waals surface area contributed by atoms with Gasteiger partial charge in [0.15, 0.2) is 0 Å². The van der Waals surface area contributed by atoms with Crippen LogP contribution >= 0.6 is 15.9 Å². The van der Waals surface area contributed by atoms with Gasteiger partial charge in [0.1, 0.15) is 0 Å². The molecular formula is C17H19BrN2O3S. The molecule has 2 N–H and O–H groups in total. The summed E-state index contributed by atoms with van der Waals surface area (Å²) in [5, 5.41) is 2.84. The maximum atomic E-state index is 12.5. The number of anilines is 1. The van der Waals surface area contributed by atoms with E-state index in [1.54, 1.807) is 36.4 Å². The zero-order chi connectivity index (χ0) is 17.7. The highest BCUT2D eigenvalue weighted by molar-refractivity contribution is 9.10. The van der Waals surface area contributed by atoms with Crippen LogP contribution in [0.4, 0.5) is 5.69 Å². The number of hydrogen-bond acceptors (Lipinski definition) is 3. The van der Waals surface area contributed by atoms with E-state index in [0.717, 1.165) is 6.42 Å². The average Bonchev–Trinajstić information content (AvgIpc) is 2.54. The quantitative estimate of drug-likeness (QED) is 0.760. The SMILES string of the molecule is CCC(C)NC(=O)c1ccccc1NS(=O)(=O)c1cccc(Br)c1. The van der Waals surface area contributed by atoms with Crippen LogP contribution in [0, 0.1) is 0 Å². The summed E-state index contributed by atoms with van der Waals surface area (Å²) in [6.45, 7) is 3.86. The van der Waals surface area contributed by atoms with E-state index < -0.39 is 10.0 Å². The van der Waals surface area contributed by atoms with Crippen LogP contribution in [0.5, 0.6) is 0 Å². The van der Waals surface area contributed by atoms with E-state index >= 15 is 0 Å². The van der Waals surface area contributed by atoms with Crippen LogP contribution in [0.2, 0.25) is 0 Å². The van der Waals surface area contributed by atoms with Crippen LogP contribution in [0.15, 0.2) is 57.9 Å². The van der Waals surface area contributed by atoms with Crippen LogP contribution in [-0.4, -0.2) is 20.4 Å². The summed E-state index contributed by atoms with van der Waals surface area (Å²) in [5.74, 6) is -0.308. The van der Waals surface area contributed by atoms with Gasteiger partial charge < -0.3 is 5.32 Å². The molecule has 1 amide bonds. The minimum atomic E-state index is -3.79. The number of halogens is 1. The fraction of sp³-hybridized carbons (Fsp3) is 0.235. The lowest BCUT2D eigenvalue weighted by Crippen LogP contribution is -2.32. The maximum absolute atomic E-state index is 12.5. The normalized spacial score (nSPS) is 12.5. The van der Waals surface area contributed by atoms with Crippen molar-refractivity contribution in [1.82, 2.24) is 5.32 Å². The topological polar surface area (TPSA) is 75.3 Å². The van der Waals surface area contributed by atoms with Crippen LogP contribution in [0.25, 0.3) is 0 Å². The first-order valence-corrected chi connectivity index (χ1v) is 9.79. The van der Waals surface area contributed by atoms with Gasteiger partial charge >= 0.3 is 0 Å². The smallest absolute Gasteiger partial charge is 0.261 e. The molecule has 0 fully saturated rings. The molecule has 5 nitrogen and oxygen atoms in total. The molecule has 0 aliphatic carbocycles. The molecule has 0 aliphatic rings. The number of nitrogens with one attached hydrogen (secondary N) is 2. The molecular weight excluding hydrogens is 392 g/mol.